The molecule has 0 aliphatic carbocycles. The molecule has 22 nitrogen and oxygen atoms in total. The minimum Gasteiger partial charge on any atom is -0.343 e. The first kappa shape index (κ1) is 94.6. The van der Waals surface area contributed by atoms with Gasteiger partial charge < -0.3 is 68.6 Å². The Bertz CT molecular complexity index is 2210. The molecule has 0 atom stereocenters. The molecule has 24 heteroatoms. The van der Waals surface area contributed by atoms with Crippen LogP contribution in [0, 0.1) is 0 Å². The Morgan fingerprint density at radius 3 is 0.480 bits per heavy atom. The maximum absolute atomic E-state index is 11.3. The molecular weight excluding hydrogens is 1300 g/mol. The predicted molar refractivity (Wildman–Crippen MR) is 425 cm³/mol. The molecule has 588 valence electrons. The zero-order chi connectivity index (χ0) is 74.7. The van der Waals surface area contributed by atoms with E-state index in [4.69, 9.17) is 0 Å². The Balaban J connectivity index is 0.000000547. The van der Waals surface area contributed by atoms with E-state index in [0.717, 1.165) is 103 Å². The number of amides is 6. The molecule has 0 bridgehead atoms. The second-order valence-corrected chi connectivity index (χ2v) is 35.5. The number of likely N-dealkylation sites (tertiary alicyclic amines) is 8. The van der Waals surface area contributed by atoms with Crippen molar-refractivity contribution in [2.45, 2.75) is 183 Å². The standard InChI is InChI=1S/C7H14N2O.C7H13NO2S.3C7H13NO.C6H14N2.C6H13NOS.C6H11NO.3C6H13N.C5H11N/c1-7(10)9-5-3-8(2)4-6-9;1-7(9)8-3-5-11(2,10)6-4-8;3*1-7(9)8-5-3-2-4-6-8;1-7-3-5-8(2)6-4-7;1-7-3-5-9(2,8)6-4-7;1-6(8)7-4-2-3-5-7;3*1-7-5-3-2-4-6-7;1-6-4-2-3-5-6/h3-6H2,1-2H3;2-6H2,1H3;3*2-6H2,1H3;3-6H2,1-2H3;2-6H2,1H3;2-5H2,1H3;3*2-6H2,1H3;2-5H2,1H3. The van der Waals surface area contributed by atoms with Crippen molar-refractivity contribution in [3.8, 4) is 0 Å². The van der Waals surface area contributed by atoms with Crippen LogP contribution in [-0.2, 0) is 47.8 Å². The number of piperazine rings is 2. The average Bonchev–Trinajstić information content (AvgIpc) is 1.35. The van der Waals surface area contributed by atoms with Crippen LogP contribution >= 0.6 is 0 Å². The maximum Gasteiger partial charge on any atom is 0.219 e. The van der Waals surface area contributed by atoms with Gasteiger partial charge in [-0.25, -0.2) is 0 Å². The molecule has 0 saturated carbocycles. The number of hydrogen-bond donors (Lipinski definition) is 0. The minimum atomic E-state index is -1.84. The third kappa shape index (κ3) is 51.7. The summed E-state index contributed by atoms with van der Waals surface area (Å²) in [6.07, 6.45) is 29.1. The summed E-state index contributed by atoms with van der Waals surface area (Å²) < 4.78 is 22.5. The highest BCUT2D eigenvalue weighted by Crippen LogP contribution is 2.12. The Morgan fingerprint density at radius 1 is 0.190 bits per heavy atom. The van der Waals surface area contributed by atoms with Crippen molar-refractivity contribution in [1.82, 2.24) is 68.6 Å². The highest BCUT2D eigenvalue weighted by atomic mass is 32.2. The molecule has 0 radical (unpaired) electrons. The van der Waals surface area contributed by atoms with Gasteiger partial charge in [-0.3, -0.25) is 37.2 Å². The summed E-state index contributed by atoms with van der Waals surface area (Å²) in [6, 6.07) is 0. The van der Waals surface area contributed by atoms with Gasteiger partial charge in [0.15, 0.2) is 0 Å². The SMILES string of the molecule is C=S1(=O)CCN(C(C)=O)CC1.C=S1(=O)CCN(C)CC1.CC(=O)N1CCCC1.CC(=O)N1CCCCC1.CC(=O)N1CCCCC1.CC(=O)N1CCCCC1.CC(=O)N1CCN(C)CC1.CN1CCCC1.CN1CCCCC1.CN1CCCCC1.CN1CCCCC1.CN1CCN(C)CC1. The number of carbonyl (C=O) groups excluding carboxylic acids is 6. The predicted octanol–water partition coefficient (Wildman–Crippen LogP) is 6.56. The third-order valence-electron chi connectivity index (χ3n) is 20.3. The smallest absolute Gasteiger partial charge is 0.219 e. The molecule has 0 aromatic carbocycles. The van der Waals surface area contributed by atoms with Gasteiger partial charge in [0.2, 0.25) is 35.4 Å². The summed E-state index contributed by atoms with van der Waals surface area (Å²) in [4.78, 5) is 94.3. The summed E-state index contributed by atoms with van der Waals surface area (Å²) in [5, 5.41) is 0. The quantitative estimate of drug-likeness (QED) is 0.238. The van der Waals surface area contributed by atoms with E-state index in [9.17, 15) is 37.2 Å². The fourth-order valence-electron chi connectivity index (χ4n) is 12.7. The van der Waals surface area contributed by atoms with E-state index < -0.39 is 19.0 Å². The highest BCUT2D eigenvalue weighted by Gasteiger charge is 2.20. The van der Waals surface area contributed by atoms with Gasteiger partial charge in [0.1, 0.15) is 0 Å². The third-order valence-corrected chi connectivity index (χ3v) is 24.0. The van der Waals surface area contributed by atoms with E-state index in [1.54, 1.807) is 39.5 Å². The molecule has 12 saturated heterocycles. The molecule has 0 aromatic rings. The van der Waals surface area contributed by atoms with E-state index in [0.29, 0.717) is 24.6 Å². The van der Waals surface area contributed by atoms with Crippen molar-refractivity contribution in [2.24, 2.45) is 0 Å². The lowest BCUT2D eigenvalue weighted by atomic mass is 10.1. The average molecular weight is 1460 g/mol. The largest absolute Gasteiger partial charge is 0.343 e. The molecule has 12 rings (SSSR count). The number of nitrogens with zero attached hydrogens (tertiary/aromatic N) is 14. The number of rotatable bonds is 0. The second-order valence-electron chi connectivity index (χ2n) is 30.0. The van der Waals surface area contributed by atoms with Crippen molar-refractivity contribution in [1.29, 1.82) is 0 Å². The van der Waals surface area contributed by atoms with Gasteiger partial charge in [-0.15, -0.1) is 0 Å². The molecular formula is C76H154N14O8S2. The summed E-state index contributed by atoms with van der Waals surface area (Å²) in [5.74, 6) is 11.2. The van der Waals surface area contributed by atoms with E-state index in [-0.39, 0.29) is 35.4 Å². The second kappa shape index (κ2) is 56.9. The van der Waals surface area contributed by atoms with Crippen LogP contribution in [0.15, 0.2) is 0 Å². The van der Waals surface area contributed by atoms with Crippen molar-refractivity contribution in [3.63, 3.8) is 0 Å². The first-order chi connectivity index (χ1) is 47.4. The van der Waals surface area contributed by atoms with Gasteiger partial charge >= 0.3 is 0 Å². The van der Waals surface area contributed by atoms with Gasteiger partial charge in [0, 0.05) is 195 Å². The topological polar surface area (TPSA) is 182 Å². The summed E-state index contributed by atoms with van der Waals surface area (Å²) in [6.45, 7) is 40.0. The van der Waals surface area contributed by atoms with Crippen LogP contribution in [0.3, 0.4) is 0 Å². The fourth-order valence-corrected chi connectivity index (χ4v) is 15.5. The van der Waals surface area contributed by atoms with Gasteiger partial charge in [-0.2, -0.15) is 0 Å². The summed E-state index contributed by atoms with van der Waals surface area (Å²) >= 11 is 0. The van der Waals surface area contributed by atoms with Crippen LogP contribution in [0.5, 0.6) is 0 Å². The summed E-state index contributed by atoms with van der Waals surface area (Å²) in [5.41, 5.74) is 0. The molecule has 12 aliphatic rings. The Hall–Kier alpha value is -3.46. The van der Waals surface area contributed by atoms with Gasteiger partial charge in [-0.05, 0) is 262 Å². The molecule has 0 N–H and O–H groups in total. The van der Waals surface area contributed by atoms with Crippen molar-refractivity contribution in [3.05, 3.63) is 0 Å². The molecule has 6 amide bonds. The number of piperidine rings is 6. The first-order valence-electron chi connectivity index (χ1n) is 39.1. The van der Waals surface area contributed by atoms with Crippen LogP contribution in [0.2, 0.25) is 0 Å². The van der Waals surface area contributed by atoms with Crippen molar-refractivity contribution >= 4 is 66.2 Å². The molecule has 100 heavy (non-hydrogen) atoms. The van der Waals surface area contributed by atoms with Crippen molar-refractivity contribution in [2.75, 3.05) is 263 Å². The Labute approximate surface area is 614 Å². The number of likely N-dealkylation sites (N-methyl/N-ethyl adjacent to an activating group) is 3. The monoisotopic (exact) mass is 1460 g/mol. The lowest BCUT2D eigenvalue weighted by Crippen LogP contribution is -2.46. The van der Waals surface area contributed by atoms with Crippen LogP contribution < -0.4 is 0 Å². The van der Waals surface area contributed by atoms with Crippen molar-refractivity contribution < 1.29 is 37.2 Å². The molecule has 0 aromatic heterocycles. The first-order valence-corrected chi connectivity index (χ1v) is 43.2. The van der Waals surface area contributed by atoms with Crippen LogP contribution in [0.4, 0.5) is 0 Å². The maximum atomic E-state index is 11.3. The Morgan fingerprint density at radius 2 is 0.320 bits per heavy atom. The number of carbonyl (C=O) groups is 6. The lowest BCUT2D eigenvalue weighted by Gasteiger charge is -2.31. The highest BCUT2D eigenvalue weighted by molar-refractivity contribution is 8.00. The molecule has 12 aliphatic heterocycles. The van der Waals surface area contributed by atoms with E-state index in [2.05, 4.69) is 107 Å². The van der Waals surface area contributed by atoms with E-state index in [1.165, 1.54) is 227 Å². The zero-order valence-corrected chi connectivity index (χ0v) is 68.6. The molecule has 0 spiro atoms. The normalized spacial score (nSPS) is 23.1. The van der Waals surface area contributed by atoms with Crippen LogP contribution in [0.25, 0.3) is 0 Å². The van der Waals surface area contributed by atoms with Gasteiger partial charge in [0.25, 0.3) is 0 Å². The number of hydrogen-bond acceptors (Lipinski definition) is 16. The van der Waals surface area contributed by atoms with Gasteiger partial charge in [-0.1, -0.05) is 19.3 Å². The molecule has 12 heterocycles. The van der Waals surface area contributed by atoms with Gasteiger partial charge in [0.05, 0.1) is 0 Å². The minimum absolute atomic E-state index is 0.0694. The molecule has 0 unspecified atom stereocenters. The van der Waals surface area contributed by atoms with E-state index >= 15 is 0 Å². The Kier molecular flexibility index (Phi) is 53.8. The molecule has 12 fully saturated rings. The van der Waals surface area contributed by atoms with Crippen LogP contribution in [-0.4, -0.2) is 387 Å². The van der Waals surface area contributed by atoms with E-state index in [1.807, 2.05) is 24.5 Å². The summed E-state index contributed by atoms with van der Waals surface area (Å²) in [7, 11) is 13.7. The van der Waals surface area contributed by atoms with Crippen LogP contribution in [0.1, 0.15) is 183 Å². The lowest BCUT2D eigenvalue weighted by molar-refractivity contribution is -0.131. The zero-order valence-electron chi connectivity index (χ0n) is 66.9. The fraction of sp³-hybridized carbons (Fsp3) is 0.895.